The third-order valence-electron chi connectivity index (χ3n) is 4.51. The Morgan fingerprint density at radius 1 is 1.04 bits per heavy atom. The molecule has 0 unspecified atom stereocenters. The summed E-state index contributed by atoms with van der Waals surface area (Å²) in [5.41, 5.74) is 2.19. The first-order valence-electron chi connectivity index (χ1n) is 9.60. The molecule has 0 fully saturated rings. The maximum atomic E-state index is 10.9. The van der Waals surface area contributed by atoms with Gasteiger partial charge in [0.05, 0.1) is 17.6 Å². The van der Waals surface area contributed by atoms with E-state index in [0.717, 1.165) is 61.4 Å². The van der Waals surface area contributed by atoms with E-state index in [2.05, 4.69) is 28.1 Å². The van der Waals surface area contributed by atoms with Crippen molar-refractivity contribution in [1.29, 1.82) is 0 Å². The van der Waals surface area contributed by atoms with Crippen molar-refractivity contribution in [1.82, 2.24) is 14.9 Å². The molecule has 2 aromatic carbocycles. The molecule has 5 nitrogen and oxygen atoms in total. The van der Waals surface area contributed by atoms with E-state index in [1.807, 2.05) is 36.4 Å². The van der Waals surface area contributed by atoms with Crippen molar-refractivity contribution in [3.8, 4) is 5.75 Å². The van der Waals surface area contributed by atoms with Crippen LogP contribution < -0.4 is 10.1 Å². The van der Waals surface area contributed by atoms with Gasteiger partial charge < -0.3 is 14.6 Å². The number of hydrogen-bond donors (Lipinski definition) is 1. The van der Waals surface area contributed by atoms with Crippen molar-refractivity contribution < 1.29 is 9.53 Å². The summed E-state index contributed by atoms with van der Waals surface area (Å²) in [6, 6.07) is 18.1. The maximum absolute atomic E-state index is 10.9. The Morgan fingerprint density at radius 3 is 2.63 bits per heavy atom. The van der Waals surface area contributed by atoms with E-state index in [0.29, 0.717) is 6.61 Å². The zero-order valence-electron chi connectivity index (χ0n) is 15.9. The molecule has 1 aromatic heterocycles. The van der Waals surface area contributed by atoms with Gasteiger partial charge in [-0.3, -0.25) is 4.79 Å². The minimum atomic E-state index is 0.0372. The summed E-state index contributed by atoms with van der Waals surface area (Å²) in [6.45, 7) is 3.69. The molecule has 3 rings (SSSR count). The highest BCUT2D eigenvalue weighted by molar-refractivity contribution is 5.75. The summed E-state index contributed by atoms with van der Waals surface area (Å²) in [7, 11) is 0. The molecule has 3 aromatic rings. The molecule has 1 N–H and O–H groups in total. The van der Waals surface area contributed by atoms with Gasteiger partial charge in [-0.05, 0) is 37.1 Å². The zero-order valence-corrected chi connectivity index (χ0v) is 15.9. The second-order valence-electron chi connectivity index (χ2n) is 6.62. The standard InChI is InChI=1S/C22H27N3O2/c1-18(26)23-15-9-3-6-14-22-24-20-12-7-8-13-21(20)25(22)16-17-27-19-10-4-2-5-11-19/h2,4-5,7-8,10-13H,3,6,9,14-17H2,1H3,(H,23,26). The highest BCUT2D eigenvalue weighted by Gasteiger charge is 2.10. The Morgan fingerprint density at radius 2 is 1.81 bits per heavy atom. The monoisotopic (exact) mass is 365 g/mol. The number of carbonyl (C=O) groups is 1. The summed E-state index contributed by atoms with van der Waals surface area (Å²) in [4.78, 5) is 15.7. The number of para-hydroxylation sites is 3. The van der Waals surface area contributed by atoms with E-state index < -0.39 is 0 Å². The molecule has 0 radical (unpaired) electrons. The minimum absolute atomic E-state index is 0.0372. The smallest absolute Gasteiger partial charge is 0.216 e. The molecule has 27 heavy (non-hydrogen) atoms. The molecule has 0 bridgehead atoms. The molecule has 0 saturated carbocycles. The lowest BCUT2D eigenvalue weighted by Gasteiger charge is -2.11. The number of carbonyl (C=O) groups excluding carboxylic acids is 1. The largest absolute Gasteiger partial charge is 0.492 e. The number of aryl methyl sites for hydroxylation is 1. The van der Waals surface area contributed by atoms with Gasteiger partial charge in [-0.25, -0.2) is 4.98 Å². The van der Waals surface area contributed by atoms with Crippen LogP contribution in [-0.2, 0) is 17.8 Å². The fourth-order valence-corrected chi connectivity index (χ4v) is 3.19. The number of nitrogens with zero attached hydrogens (tertiary/aromatic N) is 2. The van der Waals surface area contributed by atoms with E-state index in [4.69, 9.17) is 9.72 Å². The van der Waals surface area contributed by atoms with Gasteiger partial charge in [0.1, 0.15) is 18.2 Å². The van der Waals surface area contributed by atoms with Crippen LogP contribution in [0.25, 0.3) is 11.0 Å². The molecule has 1 amide bonds. The number of amides is 1. The van der Waals surface area contributed by atoms with Crippen LogP contribution in [0.1, 0.15) is 32.0 Å². The Kier molecular flexibility index (Phi) is 6.85. The fraction of sp³-hybridized carbons (Fsp3) is 0.364. The maximum Gasteiger partial charge on any atom is 0.216 e. The Hall–Kier alpha value is -2.82. The molecule has 0 saturated heterocycles. The molecular formula is C22H27N3O2. The van der Waals surface area contributed by atoms with Crippen LogP contribution in [0.2, 0.25) is 0 Å². The zero-order chi connectivity index (χ0) is 18.9. The van der Waals surface area contributed by atoms with E-state index in [-0.39, 0.29) is 5.91 Å². The Labute approximate surface area is 160 Å². The van der Waals surface area contributed by atoms with Crippen LogP contribution in [-0.4, -0.2) is 28.6 Å². The van der Waals surface area contributed by atoms with Gasteiger partial charge in [0.2, 0.25) is 5.91 Å². The number of unbranched alkanes of at least 4 members (excludes halogenated alkanes) is 2. The molecular weight excluding hydrogens is 338 g/mol. The first-order chi connectivity index (χ1) is 13.2. The van der Waals surface area contributed by atoms with Crippen molar-refractivity contribution in [3.05, 3.63) is 60.4 Å². The number of imidazole rings is 1. The summed E-state index contributed by atoms with van der Waals surface area (Å²) in [5, 5.41) is 2.84. The van der Waals surface area contributed by atoms with E-state index in [9.17, 15) is 4.79 Å². The number of nitrogens with one attached hydrogen (secondary N) is 1. The van der Waals surface area contributed by atoms with Crippen LogP contribution in [0.15, 0.2) is 54.6 Å². The molecule has 1 heterocycles. The number of fused-ring (bicyclic) bond motifs is 1. The first kappa shape index (κ1) is 19.0. The van der Waals surface area contributed by atoms with E-state index in [1.165, 1.54) is 0 Å². The fourth-order valence-electron chi connectivity index (χ4n) is 3.19. The molecule has 0 aliphatic rings. The Bertz CT molecular complexity index is 858. The molecule has 0 aliphatic carbocycles. The van der Waals surface area contributed by atoms with Gasteiger partial charge in [-0.2, -0.15) is 0 Å². The summed E-state index contributed by atoms with van der Waals surface area (Å²) in [5.74, 6) is 2.03. The van der Waals surface area contributed by atoms with E-state index >= 15 is 0 Å². The number of hydrogen-bond acceptors (Lipinski definition) is 3. The molecule has 142 valence electrons. The predicted octanol–water partition coefficient (Wildman–Crippen LogP) is 3.96. The van der Waals surface area contributed by atoms with Crippen LogP contribution in [0.4, 0.5) is 0 Å². The molecule has 0 atom stereocenters. The topological polar surface area (TPSA) is 56.2 Å². The van der Waals surface area contributed by atoms with Gasteiger partial charge >= 0.3 is 0 Å². The van der Waals surface area contributed by atoms with Crippen LogP contribution >= 0.6 is 0 Å². The number of ether oxygens (including phenoxy) is 1. The van der Waals surface area contributed by atoms with E-state index in [1.54, 1.807) is 6.92 Å². The Balaban J connectivity index is 1.58. The molecule has 0 aliphatic heterocycles. The second-order valence-corrected chi connectivity index (χ2v) is 6.62. The SMILES string of the molecule is CC(=O)NCCCCCc1nc2ccccc2n1CCOc1ccccc1. The van der Waals surface area contributed by atoms with Crippen molar-refractivity contribution >= 4 is 16.9 Å². The normalized spacial score (nSPS) is 10.9. The average Bonchev–Trinajstić information content (AvgIpc) is 3.03. The van der Waals surface area contributed by atoms with Crippen LogP contribution in [0, 0.1) is 0 Å². The molecule has 0 spiro atoms. The van der Waals surface area contributed by atoms with Crippen molar-refractivity contribution in [2.45, 2.75) is 39.2 Å². The van der Waals surface area contributed by atoms with Crippen LogP contribution in [0.3, 0.4) is 0 Å². The number of rotatable bonds is 10. The van der Waals surface area contributed by atoms with Gasteiger partial charge in [0.25, 0.3) is 0 Å². The lowest BCUT2D eigenvalue weighted by Crippen LogP contribution is -2.20. The lowest BCUT2D eigenvalue weighted by molar-refractivity contribution is -0.118. The third-order valence-corrected chi connectivity index (χ3v) is 4.51. The van der Waals surface area contributed by atoms with Crippen molar-refractivity contribution in [2.75, 3.05) is 13.2 Å². The lowest BCUT2D eigenvalue weighted by atomic mass is 10.2. The first-order valence-corrected chi connectivity index (χ1v) is 9.60. The van der Waals surface area contributed by atoms with Gasteiger partial charge in [0, 0.05) is 19.9 Å². The van der Waals surface area contributed by atoms with Crippen molar-refractivity contribution in [2.24, 2.45) is 0 Å². The highest BCUT2D eigenvalue weighted by atomic mass is 16.5. The van der Waals surface area contributed by atoms with Gasteiger partial charge in [-0.1, -0.05) is 36.8 Å². The van der Waals surface area contributed by atoms with Gasteiger partial charge in [-0.15, -0.1) is 0 Å². The summed E-state index contributed by atoms with van der Waals surface area (Å²) >= 11 is 0. The predicted molar refractivity (Wildman–Crippen MR) is 108 cm³/mol. The van der Waals surface area contributed by atoms with Gasteiger partial charge in [0.15, 0.2) is 0 Å². The number of benzene rings is 2. The second kappa shape index (κ2) is 9.76. The number of aromatic nitrogens is 2. The summed E-state index contributed by atoms with van der Waals surface area (Å²) in [6.07, 6.45) is 4.06. The van der Waals surface area contributed by atoms with Crippen molar-refractivity contribution in [3.63, 3.8) is 0 Å². The average molecular weight is 365 g/mol. The molecule has 5 heteroatoms. The highest BCUT2D eigenvalue weighted by Crippen LogP contribution is 2.18. The summed E-state index contributed by atoms with van der Waals surface area (Å²) < 4.78 is 8.14. The van der Waals surface area contributed by atoms with Crippen LogP contribution in [0.5, 0.6) is 5.75 Å². The quantitative estimate of drug-likeness (QED) is 0.553. The minimum Gasteiger partial charge on any atom is -0.492 e. The third kappa shape index (κ3) is 5.58.